The molecule has 0 N–H and O–H groups in total. The van der Waals surface area contributed by atoms with Gasteiger partial charge in [0.05, 0.1) is 6.61 Å². The Morgan fingerprint density at radius 3 is 2.50 bits per heavy atom. The molecule has 0 atom stereocenters. The Bertz CT molecular complexity index is 471. The molecule has 6 heteroatoms. The van der Waals surface area contributed by atoms with Crippen molar-refractivity contribution in [1.29, 1.82) is 0 Å². The van der Waals surface area contributed by atoms with Gasteiger partial charge in [0.1, 0.15) is 5.60 Å². The number of esters is 1. The minimum atomic E-state index is -0.589. The van der Waals surface area contributed by atoms with Crippen LogP contribution in [0.25, 0.3) is 0 Å². The lowest BCUT2D eigenvalue weighted by Gasteiger charge is -2.40. The van der Waals surface area contributed by atoms with E-state index in [9.17, 15) is 4.79 Å². The maximum atomic E-state index is 11.6. The first-order valence-electron chi connectivity index (χ1n) is 6.99. The van der Waals surface area contributed by atoms with E-state index in [1.54, 1.807) is 14.0 Å². The van der Waals surface area contributed by atoms with Crippen molar-refractivity contribution in [3.8, 4) is 0 Å². The summed E-state index contributed by atoms with van der Waals surface area (Å²) in [7, 11) is 1.65. The first kappa shape index (κ1) is 15.0. The van der Waals surface area contributed by atoms with Crippen LogP contribution in [0.2, 0.25) is 0 Å². The van der Waals surface area contributed by atoms with Crippen LogP contribution in [0.3, 0.4) is 0 Å². The summed E-state index contributed by atoms with van der Waals surface area (Å²) in [6, 6.07) is 0. The quantitative estimate of drug-likeness (QED) is 0.790. The average Bonchev–Trinajstić information content (AvgIpc) is 2.90. The standard InChI is InChI=1S/C14H22N2O4/c1-5-19-11(17)10-15-12(16-20-10)14(18-4)8-6-13(2,3)7-9-14/h5-9H2,1-4H3. The SMILES string of the molecule is CCOC(=O)c1nc(C2(OC)CCC(C)(C)CC2)no1. The second kappa shape index (κ2) is 5.52. The highest BCUT2D eigenvalue weighted by atomic mass is 16.6. The summed E-state index contributed by atoms with van der Waals surface area (Å²) < 4.78 is 15.5. The number of aromatic nitrogens is 2. The Morgan fingerprint density at radius 2 is 1.95 bits per heavy atom. The Balaban J connectivity index is 2.19. The summed E-state index contributed by atoms with van der Waals surface area (Å²) in [6.45, 7) is 6.49. The van der Waals surface area contributed by atoms with Crippen molar-refractivity contribution in [2.24, 2.45) is 5.41 Å². The zero-order chi connectivity index (χ0) is 14.8. The largest absolute Gasteiger partial charge is 0.459 e. The van der Waals surface area contributed by atoms with Gasteiger partial charge in [0, 0.05) is 7.11 Å². The van der Waals surface area contributed by atoms with Gasteiger partial charge < -0.3 is 14.0 Å². The van der Waals surface area contributed by atoms with E-state index in [4.69, 9.17) is 14.0 Å². The van der Waals surface area contributed by atoms with Gasteiger partial charge in [-0.2, -0.15) is 4.98 Å². The van der Waals surface area contributed by atoms with E-state index in [1.165, 1.54) is 0 Å². The second-order valence-corrected chi connectivity index (χ2v) is 6.01. The van der Waals surface area contributed by atoms with E-state index in [1.807, 2.05) is 0 Å². The maximum absolute atomic E-state index is 11.6. The van der Waals surface area contributed by atoms with Gasteiger partial charge in [0.25, 0.3) is 0 Å². The summed E-state index contributed by atoms with van der Waals surface area (Å²) in [5.74, 6) is -0.254. The molecular formula is C14H22N2O4. The maximum Gasteiger partial charge on any atom is 0.397 e. The third kappa shape index (κ3) is 2.85. The molecule has 1 aromatic rings. The molecule has 20 heavy (non-hydrogen) atoms. The monoisotopic (exact) mass is 282 g/mol. The zero-order valence-corrected chi connectivity index (χ0v) is 12.6. The molecular weight excluding hydrogens is 260 g/mol. The Hall–Kier alpha value is -1.43. The summed E-state index contributed by atoms with van der Waals surface area (Å²) in [6.07, 6.45) is 3.67. The molecule has 1 fully saturated rings. The van der Waals surface area contributed by atoms with Crippen molar-refractivity contribution in [1.82, 2.24) is 10.1 Å². The Kier molecular flexibility index (Phi) is 4.13. The second-order valence-electron chi connectivity index (χ2n) is 6.01. The number of nitrogens with zero attached hydrogens (tertiary/aromatic N) is 2. The van der Waals surface area contributed by atoms with Crippen molar-refractivity contribution in [2.45, 2.75) is 52.1 Å². The molecule has 112 valence electrons. The smallest absolute Gasteiger partial charge is 0.397 e. The van der Waals surface area contributed by atoms with Gasteiger partial charge >= 0.3 is 11.9 Å². The predicted molar refractivity (Wildman–Crippen MR) is 71.2 cm³/mol. The van der Waals surface area contributed by atoms with Gasteiger partial charge in [0.2, 0.25) is 5.82 Å². The molecule has 0 aliphatic heterocycles. The molecule has 0 bridgehead atoms. The highest BCUT2D eigenvalue weighted by Crippen LogP contribution is 2.46. The van der Waals surface area contributed by atoms with Crippen LogP contribution in [0.1, 0.15) is 63.0 Å². The van der Waals surface area contributed by atoms with Gasteiger partial charge in [0.15, 0.2) is 0 Å². The summed E-state index contributed by atoms with van der Waals surface area (Å²) in [5.41, 5.74) is -0.250. The average molecular weight is 282 g/mol. The summed E-state index contributed by atoms with van der Waals surface area (Å²) in [5, 5.41) is 3.92. The fraction of sp³-hybridized carbons (Fsp3) is 0.786. The lowest BCUT2D eigenvalue weighted by Crippen LogP contribution is -2.37. The number of carbonyl (C=O) groups excluding carboxylic acids is 1. The molecule has 1 heterocycles. The third-order valence-electron chi connectivity index (χ3n) is 4.09. The van der Waals surface area contributed by atoms with Crippen LogP contribution in [-0.2, 0) is 15.1 Å². The van der Waals surface area contributed by atoms with Crippen LogP contribution in [0.4, 0.5) is 0 Å². The highest BCUT2D eigenvalue weighted by molar-refractivity contribution is 5.83. The Labute approximate surface area is 118 Å². The van der Waals surface area contributed by atoms with Crippen LogP contribution in [-0.4, -0.2) is 29.8 Å². The van der Waals surface area contributed by atoms with Crippen molar-refractivity contribution in [3.63, 3.8) is 0 Å². The molecule has 0 spiro atoms. The van der Waals surface area contributed by atoms with E-state index < -0.39 is 11.6 Å². The number of rotatable bonds is 4. The molecule has 0 radical (unpaired) electrons. The van der Waals surface area contributed by atoms with Crippen LogP contribution in [0.15, 0.2) is 4.52 Å². The molecule has 1 aromatic heterocycles. The fourth-order valence-electron chi connectivity index (χ4n) is 2.53. The number of hydrogen-bond acceptors (Lipinski definition) is 6. The van der Waals surface area contributed by atoms with E-state index in [-0.39, 0.29) is 12.5 Å². The lowest BCUT2D eigenvalue weighted by molar-refractivity contribution is -0.0740. The number of hydrogen-bond donors (Lipinski definition) is 0. The molecule has 0 amide bonds. The molecule has 2 rings (SSSR count). The summed E-state index contributed by atoms with van der Waals surface area (Å²) >= 11 is 0. The van der Waals surface area contributed by atoms with Crippen LogP contribution in [0.5, 0.6) is 0 Å². The minimum absolute atomic E-state index is 0.108. The van der Waals surface area contributed by atoms with E-state index >= 15 is 0 Å². The molecule has 1 aliphatic carbocycles. The number of carbonyl (C=O) groups is 1. The predicted octanol–water partition coefficient (Wildman–Crippen LogP) is 2.69. The van der Waals surface area contributed by atoms with E-state index in [0.717, 1.165) is 25.7 Å². The van der Waals surface area contributed by atoms with Crippen molar-refractivity contribution < 1.29 is 18.8 Å². The molecule has 0 aromatic carbocycles. The Morgan fingerprint density at radius 1 is 1.30 bits per heavy atom. The number of methoxy groups -OCH3 is 1. The van der Waals surface area contributed by atoms with Crippen LogP contribution >= 0.6 is 0 Å². The van der Waals surface area contributed by atoms with Crippen LogP contribution in [0, 0.1) is 5.41 Å². The minimum Gasteiger partial charge on any atom is -0.459 e. The molecule has 0 saturated heterocycles. The van der Waals surface area contributed by atoms with E-state index in [0.29, 0.717) is 11.2 Å². The van der Waals surface area contributed by atoms with Gasteiger partial charge in [-0.1, -0.05) is 19.0 Å². The van der Waals surface area contributed by atoms with Gasteiger partial charge in [-0.3, -0.25) is 0 Å². The third-order valence-corrected chi connectivity index (χ3v) is 4.09. The molecule has 1 saturated carbocycles. The van der Waals surface area contributed by atoms with Crippen molar-refractivity contribution >= 4 is 5.97 Å². The highest BCUT2D eigenvalue weighted by Gasteiger charge is 2.43. The van der Waals surface area contributed by atoms with Crippen LogP contribution < -0.4 is 0 Å². The fourth-order valence-corrected chi connectivity index (χ4v) is 2.53. The van der Waals surface area contributed by atoms with E-state index in [2.05, 4.69) is 24.0 Å². The van der Waals surface area contributed by atoms with Gasteiger partial charge in [-0.05, 0) is 38.0 Å². The van der Waals surface area contributed by atoms with Gasteiger partial charge in [-0.15, -0.1) is 0 Å². The molecule has 1 aliphatic rings. The number of ether oxygens (including phenoxy) is 2. The van der Waals surface area contributed by atoms with Crippen molar-refractivity contribution in [3.05, 3.63) is 11.7 Å². The molecule has 6 nitrogen and oxygen atoms in total. The van der Waals surface area contributed by atoms with Crippen molar-refractivity contribution in [2.75, 3.05) is 13.7 Å². The topological polar surface area (TPSA) is 74.5 Å². The zero-order valence-electron chi connectivity index (χ0n) is 12.6. The molecule has 0 unspecified atom stereocenters. The normalized spacial score (nSPS) is 20.6. The van der Waals surface area contributed by atoms with Gasteiger partial charge in [-0.25, -0.2) is 4.79 Å². The summed E-state index contributed by atoms with van der Waals surface area (Å²) in [4.78, 5) is 15.7. The first-order chi connectivity index (χ1) is 9.42. The first-order valence-corrected chi connectivity index (χ1v) is 6.99. The lowest BCUT2D eigenvalue weighted by atomic mass is 9.70.